The largest absolute Gasteiger partial charge is 0.492 e. The second-order valence-electron chi connectivity index (χ2n) is 8.13. The van der Waals surface area contributed by atoms with E-state index in [4.69, 9.17) is 16.3 Å². The molecular formula is C22H27ClN4O4S. The Morgan fingerprint density at radius 1 is 1.28 bits per heavy atom. The van der Waals surface area contributed by atoms with Gasteiger partial charge in [0.25, 0.3) is 0 Å². The van der Waals surface area contributed by atoms with E-state index in [9.17, 15) is 13.5 Å². The highest BCUT2D eigenvalue weighted by Crippen LogP contribution is 2.38. The molecule has 1 aliphatic rings. The van der Waals surface area contributed by atoms with Crippen LogP contribution in [0.1, 0.15) is 42.5 Å². The predicted octanol–water partition coefficient (Wildman–Crippen LogP) is 3.56. The number of aromatic amines is 1. The van der Waals surface area contributed by atoms with Gasteiger partial charge < -0.3 is 15.2 Å². The van der Waals surface area contributed by atoms with E-state index < -0.39 is 16.1 Å². The first kappa shape index (κ1) is 22.8. The number of nitrogens with one attached hydrogen (secondary N) is 3. The molecule has 0 radical (unpaired) electrons. The number of nitrogens with zero attached hydrogens (tertiary/aromatic N) is 1. The predicted molar refractivity (Wildman–Crippen MR) is 126 cm³/mol. The van der Waals surface area contributed by atoms with Gasteiger partial charge in [0.15, 0.2) is 0 Å². The number of halogens is 1. The number of fused-ring (bicyclic) bond motifs is 1. The number of hydrogen-bond acceptors (Lipinski definition) is 6. The zero-order valence-corrected chi connectivity index (χ0v) is 19.3. The topological polar surface area (TPSA) is 116 Å². The molecule has 1 saturated carbocycles. The summed E-state index contributed by atoms with van der Waals surface area (Å²) in [4.78, 5) is 0. The van der Waals surface area contributed by atoms with Crippen LogP contribution in [0.2, 0.25) is 5.02 Å². The maximum atomic E-state index is 11.5. The zero-order chi connectivity index (χ0) is 22.7. The van der Waals surface area contributed by atoms with Crippen molar-refractivity contribution in [2.45, 2.75) is 31.3 Å². The molecule has 0 saturated heterocycles. The first-order valence-electron chi connectivity index (χ1n) is 10.6. The minimum Gasteiger partial charge on any atom is -0.492 e. The second kappa shape index (κ2) is 9.66. The average molecular weight is 479 g/mol. The van der Waals surface area contributed by atoms with Gasteiger partial charge in [0.05, 0.1) is 28.6 Å². The fourth-order valence-corrected chi connectivity index (χ4v) is 4.53. The Kier molecular flexibility index (Phi) is 6.90. The number of anilines is 1. The maximum Gasteiger partial charge on any atom is 0.229 e. The van der Waals surface area contributed by atoms with Crippen LogP contribution >= 0.6 is 11.6 Å². The van der Waals surface area contributed by atoms with E-state index >= 15 is 0 Å². The lowest BCUT2D eigenvalue weighted by Crippen LogP contribution is -2.26. The molecule has 172 valence electrons. The fraction of sp³-hybridized carbons (Fsp3) is 0.409. The summed E-state index contributed by atoms with van der Waals surface area (Å²) in [5.74, 6) is 1.35. The van der Waals surface area contributed by atoms with Crippen molar-refractivity contribution in [1.82, 2.24) is 15.5 Å². The molecule has 2 aromatic carbocycles. The summed E-state index contributed by atoms with van der Waals surface area (Å²) >= 11 is 6.03. The van der Waals surface area contributed by atoms with E-state index in [1.165, 1.54) is 31.0 Å². The highest BCUT2D eigenvalue weighted by molar-refractivity contribution is 7.92. The third-order valence-electron chi connectivity index (χ3n) is 5.63. The van der Waals surface area contributed by atoms with Crippen LogP contribution in [-0.2, 0) is 10.0 Å². The summed E-state index contributed by atoms with van der Waals surface area (Å²) < 4.78 is 31.1. The second-order valence-corrected chi connectivity index (χ2v) is 10.3. The number of aliphatic hydroxyl groups excluding tert-OH is 1. The summed E-state index contributed by atoms with van der Waals surface area (Å²) in [6, 6.07) is 10.7. The van der Waals surface area contributed by atoms with Crippen molar-refractivity contribution < 1.29 is 18.3 Å². The molecular weight excluding hydrogens is 452 g/mol. The minimum atomic E-state index is -3.46. The van der Waals surface area contributed by atoms with Gasteiger partial charge >= 0.3 is 0 Å². The Hall–Kier alpha value is -2.33. The lowest BCUT2D eigenvalue weighted by Gasteiger charge is -2.24. The molecule has 1 aliphatic carbocycles. The molecule has 1 heterocycles. The van der Waals surface area contributed by atoms with Crippen molar-refractivity contribution in [3.8, 4) is 5.75 Å². The molecule has 0 bridgehead atoms. The van der Waals surface area contributed by atoms with Crippen molar-refractivity contribution in [2.75, 3.05) is 30.7 Å². The molecule has 32 heavy (non-hydrogen) atoms. The standard InChI is InChI=1S/C22H27ClN4O4S/c1-32(29,30)27-20-11-15(5-8-18(20)23)21(28)13-24-9-10-31-16-6-7-17-19(12-16)25-26-22(17)14-3-2-4-14/h5-8,11-12,14,21,24,27-28H,2-4,9-10,13H2,1H3,(H,25,26)/t21-/m0/s1. The van der Waals surface area contributed by atoms with E-state index in [2.05, 4.69) is 26.3 Å². The van der Waals surface area contributed by atoms with Crippen LogP contribution in [0.3, 0.4) is 0 Å². The molecule has 1 atom stereocenters. The van der Waals surface area contributed by atoms with Gasteiger partial charge in [-0.25, -0.2) is 8.42 Å². The van der Waals surface area contributed by atoms with E-state index in [0.717, 1.165) is 22.9 Å². The normalized spacial score (nSPS) is 15.5. The molecule has 4 rings (SSSR count). The number of aromatic nitrogens is 2. The zero-order valence-electron chi connectivity index (χ0n) is 17.8. The molecule has 4 N–H and O–H groups in total. The first-order valence-corrected chi connectivity index (χ1v) is 12.8. The monoisotopic (exact) mass is 478 g/mol. The van der Waals surface area contributed by atoms with Crippen molar-refractivity contribution in [2.24, 2.45) is 0 Å². The van der Waals surface area contributed by atoms with E-state index in [-0.39, 0.29) is 17.3 Å². The molecule has 1 fully saturated rings. The number of aliphatic hydroxyl groups is 1. The van der Waals surface area contributed by atoms with Crippen LogP contribution in [0.5, 0.6) is 5.75 Å². The van der Waals surface area contributed by atoms with Gasteiger partial charge in [0.2, 0.25) is 10.0 Å². The van der Waals surface area contributed by atoms with Crippen LogP contribution in [0.25, 0.3) is 10.9 Å². The number of sulfonamides is 1. The van der Waals surface area contributed by atoms with Gasteiger partial charge in [-0.15, -0.1) is 0 Å². The summed E-state index contributed by atoms with van der Waals surface area (Å²) in [7, 11) is -3.46. The highest BCUT2D eigenvalue weighted by atomic mass is 35.5. The molecule has 0 unspecified atom stereocenters. The smallest absolute Gasteiger partial charge is 0.229 e. The third kappa shape index (κ3) is 5.53. The van der Waals surface area contributed by atoms with Gasteiger partial charge in [-0.2, -0.15) is 5.10 Å². The minimum absolute atomic E-state index is 0.239. The lowest BCUT2D eigenvalue weighted by molar-refractivity contribution is 0.172. The quantitative estimate of drug-likeness (QED) is 0.331. The Morgan fingerprint density at radius 2 is 2.09 bits per heavy atom. The van der Waals surface area contributed by atoms with Crippen molar-refractivity contribution in [3.63, 3.8) is 0 Å². The maximum absolute atomic E-state index is 11.5. The van der Waals surface area contributed by atoms with E-state index in [1.54, 1.807) is 12.1 Å². The van der Waals surface area contributed by atoms with Crippen LogP contribution in [0.15, 0.2) is 36.4 Å². The molecule has 0 aliphatic heterocycles. The molecule has 8 nitrogen and oxygen atoms in total. The van der Waals surface area contributed by atoms with Gasteiger partial charge in [-0.3, -0.25) is 9.82 Å². The molecule has 0 spiro atoms. The number of ether oxygens (including phenoxy) is 1. The SMILES string of the molecule is CS(=O)(=O)Nc1cc([C@@H](O)CNCCOc2ccc3c(C4CCC4)[nH]nc3c2)ccc1Cl. The van der Waals surface area contributed by atoms with Crippen molar-refractivity contribution >= 4 is 38.2 Å². The molecule has 10 heteroatoms. The van der Waals surface area contributed by atoms with E-state index in [1.807, 2.05) is 12.1 Å². The van der Waals surface area contributed by atoms with Crippen molar-refractivity contribution in [3.05, 3.63) is 52.7 Å². The first-order chi connectivity index (χ1) is 15.3. The summed E-state index contributed by atoms with van der Waals surface area (Å²) in [6.45, 7) is 1.25. The van der Waals surface area contributed by atoms with Crippen LogP contribution in [-0.4, -0.2) is 49.7 Å². The average Bonchev–Trinajstić information content (AvgIpc) is 3.10. The molecule has 3 aromatic rings. The van der Waals surface area contributed by atoms with Crippen molar-refractivity contribution in [1.29, 1.82) is 0 Å². The van der Waals surface area contributed by atoms with Gasteiger partial charge in [0, 0.05) is 36.2 Å². The van der Waals surface area contributed by atoms with Gasteiger partial charge in [-0.05, 0) is 42.7 Å². The fourth-order valence-electron chi connectivity index (χ4n) is 3.74. The summed E-state index contributed by atoms with van der Waals surface area (Å²) in [6.07, 6.45) is 3.95. The summed E-state index contributed by atoms with van der Waals surface area (Å²) in [5.41, 5.74) is 2.93. The highest BCUT2D eigenvalue weighted by Gasteiger charge is 2.23. The number of benzene rings is 2. The Bertz CT molecular complexity index is 1190. The van der Waals surface area contributed by atoms with Crippen LogP contribution in [0.4, 0.5) is 5.69 Å². The number of H-pyrrole nitrogens is 1. The number of rotatable bonds is 10. The van der Waals surface area contributed by atoms with Gasteiger partial charge in [0.1, 0.15) is 12.4 Å². The molecule has 1 aromatic heterocycles. The van der Waals surface area contributed by atoms with Crippen LogP contribution in [0, 0.1) is 0 Å². The summed E-state index contributed by atoms with van der Waals surface area (Å²) in [5, 5.41) is 22.6. The Balaban J connectivity index is 1.25. The lowest BCUT2D eigenvalue weighted by atomic mass is 9.82. The van der Waals surface area contributed by atoms with Crippen LogP contribution < -0.4 is 14.8 Å². The Labute approximate surface area is 192 Å². The van der Waals surface area contributed by atoms with E-state index in [0.29, 0.717) is 24.6 Å². The number of hydrogen-bond donors (Lipinski definition) is 4. The third-order valence-corrected chi connectivity index (χ3v) is 6.55. The van der Waals surface area contributed by atoms with Gasteiger partial charge in [-0.1, -0.05) is 24.1 Å². The molecule has 0 amide bonds. The Morgan fingerprint density at radius 3 is 2.81 bits per heavy atom.